The zero-order valence-corrected chi connectivity index (χ0v) is 15.8. The molecule has 0 aliphatic rings. The summed E-state index contributed by atoms with van der Waals surface area (Å²) in [6.45, 7) is 4.78. The standard InChI is InChI=1S/C18H27N5O2/c1-12-7-8-14(16(9-12)22(3)4)10-19-18(24)20-11-15-13(2)21-23(5)17(15)25-6/h7-9H,10-11H2,1-6H3,(H2,19,20,24). The van der Waals surface area contributed by atoms with Gasteiger partial charge in [-0.05, 0) is 31.0 Å². The number of ether oxygens (including phenoxy) is 1. The van der Waals surface area contributed by atoms with Gasteiger partial charge < -0.3 is 20.3 Å². The molecule has 0 atom stereocenters. The van der Waals surface area contributed by atoms with Crippen molar-refractivity contribution >= 4 is 11.7 Å². The van der Waals surface area contributed by atoms with Gasteiger partial charge in [0, 0.05) is 33.4 Å². The Kier molecular flexibility index (Phi) is 5.90. The molecule has 25 heavy (non-hydrogen) atoms. The molecule has 0 radical (unpaired) electrons. The van der Waals surface area contributed by atoms with Gasteiger partial charge in [0.1, 0.15) is 0 Å². The van der Waals surface area contributed by atoms with E-state index < -0.39 is 0 Å². The number of hydrogen-bond donors (Lipinski definition) is 2. The number of nitrogens with zero attached hydrogens (tertiary/aromatic N) is 3. The lowest BCUT2D eigenvalue weighted by atomic mass is 10.1. The van der Waals surface area contributed by atoms with Gasteiger partial charge in [0.15, 0.2) is 0 Å². The second-order valence-electron chi connectivity index (χ2n) is 6.26. The van der Waals surface area contributed by atoms with Crippen LogP contribution in [0.1, 0.15) is 22.4 Å². The van der Waals surface area contributed by atoms with Crippen molar-refractivity contribution in [2.45, 2.75) is 26.9 Å². The molecule has 2 rings (SSSR count). The summed E-state index contributed by atoms with van der Waals surface area (Å²) in [6.07, 6.45) is 0. The average Bonchev–Trinajstić information content (AvgIpc) is 2.84. The highest BCUT2D eigenvalue weighted by atomic mass is 16.5. The van der Waals surface area contributed by atoms with Crippen LogP contribution in [0.3, 0.4) is 0 Å². The maximum absolute atomic E-state index is 12.2. The SMILES string of the molecule is COc1c(CNC(=O)NCc2ccc(C)cc2N(C)C)c(C)nn1C. The van der Waals surface area contributed by atoms with Crippen molar-refractivity contribution < 1.29 is 9.53 Å². The molecule has 2 N–H and O–H groups in total. The van der Waals surface area contributed by atoms with E-state index in [0.29, 0.717) is 19.0 Å². The predicted molar refractivity (Wildman–Crippen MR) is 99.1 cm³/mol. The highest BCUT2D eigenvalue weighted by Crippen LogP contribution is 2.21. The van der Waals surface area contributed by atoms with Crippen LogP contribution in [0, 0.1) is 13.8 Å². The Bertz CT molecular complexity index is 752. The number of anilines is 1. The number of hydrogen-bond acceptors (Lipinski definition) is 4. The molecule has 0 fully saturated rings. The maximum atomic E-state index is 12.2. The fourth-order valence-electron chi connectivity index (χ4n) is 2.79. The van der Waals surface area contributed by atoms with E-state index in [1.165, 1.54) is 5.56 Å². The number of benzene rings is 1. The Morgan fingerprint density at radius 3 is 2.56 bits per heavy atom. The number of nitrogens with one attached hydrogen (secondary N) is 2. The number of urea groups is 1. The highest BCUT2D eigenvalue weighted by molar-refractivity contribution is 5.74. The summed E-state index contributed by atoms with van der Waals surface area (Å²) in [6, 6.07) is 5.97. The molecular formula is C18H27N5O2. The molecule has 0 aliphatic heterocycles. The van der Waals surface area contributed by atoms with Gasteiger partial charge in [0.2, 0.25) is 5.88 Å². The number of rotatable bonds is 6. The number of aromatic nitrogens is 2. The molecule has 0 spiro atoms. The topological polar surface area (TPSA) is 71.4 Å². The monoisotopic (exact) mass is 345 g/mol. The Morgan fingerprint density at radius 2 is 1.92 bits per heavy atom. The van der Waals surface area contributed by atoms with Gasteiger partial charge in [-0.1, -0.05) is 12.1 Å². The lowest BCUT2D eigenvalue weighted by molar-refractivity contribution is 0.240. The second kappa shape index (κ2) is 7.92. The minimum atomic E-state index is -0.226. The third-order valence-electron chi connectivity index (χ3n) is 4.07. The fourth-order valence-corrected chi connectivity index (χ4v) is 2.79. The zero-order valence-electron chi connectivity index (χ0n) is 15.8. The Labute approximate surface area is 149 Å². The first-order chi connectivity index (χ1) is 11.8. The van der Waals surface area contributed by atoms with Crippen molar-refractivity contribution in [3.8, 4) is 5.88 Å². The molecule has 7 nitrogen and oxygen atoms in total. The molecule has 136 valence electrons. The van der Waals surface area contributed by atoms with E-state index in [2.05, 4.69) is 28.7 Å². The summed E-state index contributed by atoms with van der Waals surface area (Å²) in [5.74, 6) is 0.659. The van der Waals surface area contributed by atoms with Crippen molar-refractivity contribution in [1.29, 1.82) is 0 Å². The van der Waals surface area contributed by atoms with Gasteiger partial charge >= 0.3 is 6.03 Å². The maximum Gasteiger partial charge on any atom is 0.315 e. The molecule has 0 saturated heterocycles. The normalized spacial score (nSPS) is 10.5. The van der Waals surface area contributed by atoms with E-state index in [9.17, 15) is 4.79 Å². The van der Waals surface area contributed by atoms with E-state index in [-0.39, 0.29) is 6.03 Å². The quantitative estimate of drug-likeness (QED) is 0.841. The first-order valence-corrected chi connectivity index (χ1v) is 8.18. The van der Waals surface area contributed by atoms with Crippen LogP contribution >= 0.6 is 0 Å². The Balaban J connectivity index is 1.96. The van der Waals surface area contributed by atoms with Gasteiger partial charge in [-0.25, -0.2) is 9.48 Å². The van der Waals surface area contributed by atoms with Crippen LogP contribution in [-0.2, 0) is 20.1 Å². The van der Waals surface area contributed by atoms with Crippen LogP contribution in [0.5, 0.6) is 5.88 Å². The number of methoxy groups -OCH3 is 1. The largest absolute Gasteiger partial charge is 0.481 e. The average molecular weight is 345 g/mol. The van der Waals surface area contributed by atoms with Crippen LogP contribution < -0.4 is 20.3 Å². The molecule has 1 heterocycles. The molecule has 1 aromatic carbocycles. The molecule has 0 unspecified atom stereocenters. The lowest BCUT2D eigenvalue weighted by Gasteiger charge is -2.18. The van der Waals surface area contributed by atoms with Crippen molar-refractivity contribution in [2.24, 2.45) is 7.05 Å². The Hall–Kier alpha value is -2.70. The molecule has 2 amide bonds. The number of amides is 2. The zero-order chi connectivity index (χ0) is 18.6. The molecular weight excluding hydrogens is 318 g/mol. The minimum absolute atomic E-state index is 0.226. The van der Waals surface area contributed by atoms with Crippen molar-refractivity contribution in [1.82, 2.24) is 20.4 Å². The third kappa shape index (κ3) is 4.43. The van der Waals surface area contributed by atoms with E-state index in [1.54, 1.807) is 11.8 Å². The molecule has 0 saturated carbocycles. The summed E-state index contributed by atoms with van der Waals surface area (Å²) in [5, 5.41) is 10.1. The summed E-state index contributed by atoms with van der Waals surface area (Å²) in [4.78, 5) is 14.2. The second-order valence-corrected chi connectivity index (χ2v) is 6.26. The Morgan fingerprint density at radius 1 is 1.24 bits per heavy atom. The molecule has 7 heteroatoms. The smallest absolute Gasteiger partial charge is 0.315 e. The van der Waals surface area contributed by atoms with E-state index in [1.807, 2.05) is 45.1 Å². The van der Waals surface area contributed by atoms with Gasteiger partial charge in [0.25, 0.3) is 0 Å². The number of aryl methyl sites for hydroxylation is 3. The minimum Gasteiger partial charge on any atom is -0.481 e. The molecule has 0 bridgehead atoms. The lowest BCUT2D eigenvalue weighted by Crippen LogP contribution is -2.35. The van der Waals surface area contributed by atoms with E-state index >= 15 is 0 Å². The number of carbonyl (C=O) groups is 1. The first kappa shape index (κ1) is 18.6. The van der Waals surface area contributed by atoms with Crippen LogP contribution in [0.4, 0.5) is 10.5 Å². The predicted octanol–water partition coefficient (Wildman–Crippen LogP) is 2.11. The van der Waals surface area contributed by atoms with Crippen LogP contribution in [-0.4, -0.2) is 37.0 Å². The van der Waals surface area contributed by atoms with Gasteiger partial charge in [-0.15, -0.1) is 0 Å². The van der Waals surface area contributed by atoms with Crippen LogP contribution in [0.15, 0.2) is 18.2 Å². The summed E-state index contributed by atoms with van der Waals surface area (Å²) >= 11 is 0. The van der Waals surface area contributed by atoms with Crippen LogP contribution in [0.2, 0.25) is 0 Å². The molecule has 2 aromatic rings. The molecule has 0 aliphatic carbocycles. The van der Waals surface area contributed by atoms with Crippen molar-refractivity contribution in [3.05, 3.63) is 40.6 Å². The number of carbonyl (C=O) groups excluding carboxylic acids is 1. The first-order valence-electron chi connectivity index (χ1n) is 8.18. The fraction of sp³-hybridized carbons (Fsp3) is 0.444. The van der Waals surface area contributed by atoms with Gasteiger partial charge in [-0.2, -0.15) is 5.10 Å². The summed E-state index contributed by atoms with van der Waals surface area (Å²) < 4.78 is 7.00. The highest BCUT2D eigenvalue weighted by Gasteiger charge is 2.14. The van der Waals surface area contributed by atoms with Gasteiger partial charge in [0.05, 0.1) is 24.9 Å². The van der Waals surface area contributed by atoms with Crippen molar-refractivity contribution in [2.75, 3.05) is 26.1 Å². The van der Waals surface area contributed by atoms with E-state index in [4.69, 9.17) is 4.74 Å². The molecule has 1 aromatic heterocycles. The summed E-state index contributed by atoms with van der Waals surface area (Å²) in [5.41, 5.74) is 5.08. The van der Waals surface area contributed by atoms with Crippen LogP contribution in [0.25, 0.3) is 0 Å². The summed E-state index contributed by atoms with van der Waals surface area (Å²) in [7, 11) is 7.40. The van der Waals surface area contributed by atoms with Crippen molar-refractivity contribution in [3.63, 3.8) is 0 Å². The third-order valence-corrected chi connectivity index (χ3v) is 4.07. The van der Waals surface area contributed by atoms with E-state index in [0.717, 1.165) is 22.5 Å². The van der Waals surface area contributed by atoms with Gasteiger partial charge in [-0.3, -0.25) is 0 Å².